The first kappa shape index (κ1) is 12.2. The second-order valence-corrected chi connectivity index (χ2v) is 5.80. The number of nitrogens with one attached hydrogen (secondary N) is 1. The zero-order valence-corrected chi connectivity index (χ0v) is 11.2. The number of aromatic amines is 1. The molecule has 0 aromatic carbocycles. The van der Waals surface area contributed by atoms with Gasteiger partial charge in [-0.3, -0.25) is 9.59 Å². The van der Waals surface area contributed by atoms with Gasteiger partial charge in [0, 0.05) is 19.0 Å². The Hall–Kier alpha value is -1.82. The van der Waals surface area contributed by atoms with Gasteiger partial charge in [0.1, 0.15) is 5.69 Å². The Labute approximate surface area is 114 Å². The van der Waals surface area contributed by atoms with E-state index >= 15 is 0 Å². The third kappa shape index (κ3) is 2.23. The molecule has 1 fully saturated rings. The van der Waals surface area contributed by atoms with Crippen LogP contribution >= 0.6 is 11.3 Å². The maximum absolute atomic E-state index is 12.3. The molecule has 1 aliphatic rings. The van der Waals surface area contributed by atoms with Crippen LogP contribution in [0.1, 0.15) is 23.3 Å². The molecule has 3 N–H and O–H groups in total. The molecule has 0 unspecified atom stereocenters. The Morgan fingerprint density at radius 2 is 2.11 bits per heavy atom. The van der Waals surface area contributed by atoms with Crippen molar-refractivity contribution in [2.45, 2.75) is 12.8 Å². The number of H-pyrrole nitrogens is 1. The van der Waals surface area contributed by atoms with E-state index in [4.69, 9.17) is 5.73 Å². The molecule has 0 spiro atoms. The fraction of sp³-hybridized carbons (Fsp3) is 0.385. The Balaban J connectivity index is 1.71. The van der Waals surface area contributed by atoms with Gasteiger partial charge < -0.3 is 15.6 Å². The van der Waals surface area contributed by atoms with Crippen LogP contribution in [0.4, 0.5) is 0 Å². The van der Waals surface area contributed by atoms with E-state index in [-0.39, 0.29) is 17.7 Å². The van der Waals surface area contributed by atoms with Crippen molar-refractivity contribution in [1.82, 2.24) is 9.88 Å². The van der Waals surface area contributed by atoms with Crippen molar-refractivity contribution in [2.24, 2.45) is 11.7 Å². The zero-order chi connectivity index (χ0) is 13.4. The molecule has 3 rings (SSSR count). The van der Waals surface area contributed by atoms with Gasteiger partial charge in [0.05, 0.1) is 10.2 Å². The summed E-state index contributed by atoms with van der Waals surface area (Å²) in [5, 5.41) is 1.99. The number of amides is 2. The summed E-state index contributed by atoms with van der Waals surface area (Å²) in [5.74, 6) is -0.338. The molecule has 5 nitrogen and oxygen atoms in total. The highest BCUT2D eigenvalue weighted by molar-refractivity contribution is 7.17. The predicted molar refractivity (Wildman–Crippen MR) is 74.0 cm³/mol. The summed E-state index contributed by atoms with van der Waals surface area (Å²) in [6.07, 6.45) is 1.33. The number of likely N-dealkylation sites (tertiary alicyclic amines) is 1. The molecule has 19 heavy (non-hydrogen) atoms. The van der Waals surface area contributed by atoms with Gasteiger partial charge >= 0.3 is 0 Å². The van der Waals surface area contributed by atoms with Gasteiger partial charge in [-0.1, -0.05) is 0 Å². The van der Waals surface area contributed by atoms with Crippen molar-refractivity contribution in [3.63, 3.8) is 0 Å². The Morgan fingerprint density at radius 3 is 2.74 bits per heavy atom. The van der Waals surface area contributed by atoms with Crippen molar-refractivity contribution in [3.8, 4) is 0 Å². The first-order chi connectivity index (χ1) is 9.15. The van der Waals surface area contributed by atoms with Crippen LogP contribution in [0.15, 0.2) is 17.5 Å². The fourth-order valence-corrected chi connectivity index (χ4v) is 3.28. The summed E-state index contributed by atoms with van der Waals surface area (Å²) in [6.45, 7) is 1.19. The van der Waals surface area contributed by atoms with E-state index in [1.807, 2.05) is 17.5 Å². The molecule has 0 saturated carbocycles. The summed E-state index contributed by atoms with van der Waals surface area (Å²) in [6, 6.07) is 3.86. The summed E-state index contributed by atoms with van der Waals surface area (Å²) in [7, 11) is 0. The number of hydrogen-bond acceptors (Lipinski definition) is 3. The number of aromatic nitrogens is 1. The molecule has 100 valence electrons. The summed E-state index contributed by atoms with van der Waals surface area (Å²) >= 11 is 1.61. The topological polar surface area (TPSA) is 79.2 Å². The fourth-order valence-electron chi connectivity index (χ4n) is 2.50. The monoisotopic (exact) mass is 277 g/mol. The van der Waals surface area contributed by atoms with E-state index in [1.165, 1.54) is 0 Å². The highest BCUT2D eigenvalue weighted by Crippen LogP contribution is 2.23. The maximum atomic E-state index is 12.3. The Bertz CT molecular complexity index is 594. The second-order valence-electron chi connectivity index (χ2n) is 4.85. The van der Waals surface area contributed by atoms with Crippen molar-refractivity contribution < 1.29 is 9.59 Å². The summed E-state index contributed by atoms with van der Waals surface area (Å²) < 4.78 is 1.09. The molecule has 0 radical (unpaired) electrons. The molecule has 0 atom stereocenters. The van der Waals surface area contributed by atoms with Crippen molar-refractivity contribution >= 4 is 33.4 Å². The van der Waals surface area contributed by atoms with Gasteiger partial charge in [0.15, 0.2) is 0 Å². The zero-order valence-electron chi connectivity index (χ0n) is 10.4. The van der Waals surface area contributed by atoms with Gasteiger partial charge in [-0.2, -0.15) is 0 Å². The highest BCUT2D eigenvalue weighted by Gasteiger charge is 2.27. The normalized spacial score (nSPS) is 16.9. The number of carbonyl (C=O) groups excluding carboxylic acids is 2. The van der Waals surface area contributed by atoms with Gasteiger partial charge in [-0.25, -0.2) is 0 Å². The van der Waals surface area contributed by atoms with E-state index in [0.717, 1.165) is 10.2 Å². The largest absolute Gasteiger partial charge is 0.369 e. The van der Waals surface area contributed by atoms with Crippen LogP contribution in [0.2, 0.25) is 0 Å². The predicted octanol–water partition coefficient (Wildman–Crippen LogP) is 1.57. The Kier molecular flexibility index (Phi) is 3.02. The van der Waals surface area contributed by atoms with Gasteiger partial charge in [-0.05, 0) is 30.4 Å². The average molecular weight is 277 g/mol. The lowest BCUT2D eigenvalue weighted by atomic mass is 9.96. The van der Waals surface area contributed by atoms with Gasteiger partial charge in [0.2, 0.25) is 5.91 Å². The van der Waals surface area contributed by atoms with Crippen molar-refractivity contribution in [3.05, 3.63) is 23.2 Å². The molecule has 2 aromatic rings. The number of nitrogens with zero attached hydrogens (tertiary/aromatic N) is 1. The van der Waals surface area contributed by atoms with Crippen LogP contribution in [-0.4, -0.2) is 34.8 Å². The smallest absolute Gasteiger partial charge is 0.270 e. The summed E-state index contributed by atoms with van der Waals surface area (Å²) in [4.78, 5) is 28.3. The molecule has 6 heteroatoms. The molecule has 0 aliphatic carbocycles. The van der Waals surface area contributed by atoms with Crippen LogP contribution in [0.3, 0.4) is 0 Å². The number of thiophene rings is 1. The lowest BCUT2D eigenvalue weighted by Crippen LogP contribution is -2.41. The van der Waals surface area contributed by atoms with Crippen molar-refractivity contribution in [1.29, 1.82) is 0 Å². The van der Waals surface area contributed by atoms with Gasteiger partial charge in [-0.15, -0.1) is 11.3 Å². The van der Waals surface area contributed by atoms with Crippen LogP contribution in [0.25, 0.3) is 10.2 Å². The minimum absolute atomic E-state index is 0.00585. The molecule has 2 amide bonds. The first-order valence-electron chi connectivity index (χ1n) is 6.30. The Morgan fingerprint density at radius 1 is 1.37 bits per heavy atom. The SMILES string of the molecule is NC(=O)C1CCN(C(=O)c2cc3sccc3[nH]2)CC1. The number of rotatable bonds is 2. The number of primary amides is 1. The molecule has 0 bridgehead atoms. The third-order valence-corrected chi connectivity index (χ3v) is 4.52. The van der Waals surface area contributed by atoms with E-state index < -0.39 is 0 Å². The highest BCUT2D eigenvalue weighted by atomic mass is 32.1. The molecular weight excluding hydrogens is 262 g/mol. The summed E-state index contributed by atoms with van der Waals surface area (Å²) in [5.41, 5.74) is 6.91. The van der Waals surface area contributed by atoms with E-state index in [9.17, 15) is 9.59 Å². The number of hydrogen-bond donors (Lipinski definition) is 2. The van der Waals surface area contributed by atoms with Gasteiger partial charge in [0.25, 0.3) is 5.91 Å². The lowest BCUT2D eigenvalue weighted by molar-refractivity contribution is -0.123. The lowest BCUT2D eigenvalue weighted by Gasteiger charge is -2.30. The first-order valence-corrected chi connectivity index (χ1v) is 7.18. The van der Waals surface area contributed by atoms with E-state index in [1.54, 1.807) is 16.2 Å². The van der Waals surface area contributed by atoms with E-state index in [0.29, 0.717) is 31.6 Å². The molecular formula is C13H15N3O2S. The number of fused-ring (bicyclic) bond motifs is 1. The maximum Gasteiger partial charge on any atom is 0.270 e. The molecule has 1 aliphatic heterocycles. The van der Waals surface area contributed by atoms with Crippen LogP contribution in [0, 0.1) is 5.92 Å². The number of carbonyl (C=O) groups is 2. The minimum atomic E-state index is -0.257. The average Bonchev–Trinajstić information content (AvgIpc) is 2.98. The van der Waals surface area contributed by atoms with Crippen molar-refractivity contribution in [2.75, 3.05) is 13.1 Å². The van der Waals surface area contributed by atoms with E-state index in [2.05, 4.69) is 4.98 Å². The molecule has 1 saturated heterocycles. The quantitative estimate of drug-likeness (QED) is 0.873. The minimum Gasteiger partial charge on any atom is -0.369 e. The second kappa shape index (κ2) is 4.70. The number of piperidine rings is 1. The number of nitrogens with two attached hydrogens (primary N) is 1. The van der Waals surface area contributed by atoms with Crippen LogP contribution in [0.5, 0.6) is 0 Å². The van der Waals surface area contributed by atoms with Crippen LogP contribution in [-0.2, 0) is 4.79 Å². The molecule has 3 heterocycles. The van der Waals surface area contributed by atoms with Crippen LogP contribution < -0.4 is 5.73 Å². The standard InChI is InChI=1S/C13H15N3O2S/c14-12(17)8-1-4-16(5-2-8)13(18)10-7-11-9(15-10)3-6-19-11/h3,6-8,15H,1-2,4-5H2,(H2,14,17). The third-order valence-electron chi connectivity index (χ3n) is 3.65. The molecule has 2 aromatic heterocycles.